The number of hydrogen-bond donors (Lipinski definition) is 2. The molecule has 0 radical (unpaired) electrons. The number of aryl methyl sites for hydroxylation is 3. The van der Waals surface area contributed by atoms with Crippen molar-refractivity contribution in [1.29, 1.82) is 5.41 Å². The number of thiazole rings is 1. The van der Waals surface area contributed by atoms with Crippen LogP contribution >= 0.6 is 11.3 Å². The van der Waals surface area contributed by atoms with Gasteiger partial charge in [0.1, 0.15) is 16.6 Å². The minimum Gasteiger partial charge on any atom is -0.510 e. The van der Waals surface area contributed by atoms with E-state index in [-0.39, 0.29) is 5.76 Å². The molecular formula is C23H23N3OS. The molecule has 2 aromatic carbocycles. The molecule has 0 saturated carbocycles. The maximum Gasteiger partial charge on any atom is 0.139 e. The van der Waals surface area contributed by atoms with E-state index in [0.29, 0.717) is 23.0 Å². The Morgan fingerprint density at radius 3 is 2.57 bits per heavy atom. The van der Waals surface area contributed by atoms with Crippen LogP contribution in [0.3, 0.4) is 0 Å². The Bertz CT molecular complexity index is 1130. The number of anilines is 1. The molecule has 1 aliphatic rings. The van der Waals surface area contributed by atoms with Crippen molar-refractivity contribution < 1.29 is 5.11 Å². The zero-order chi connectivity index (χ0) is 20.0. The largest absolute Gasteiger partial charge is 0.510 e. The van der Waals surface area contributed by atoms with E-state index in [1.54, 1.807) is 0 Å². The number of hydrogen-bond acceptors (Lipinski definition) is 4. The fraction of sp³-hybridized carbons (Fsp3) is 0.217. The molecular weight excluding hydrogens is 366 g/mol. The van der Waals surface area contributed by atoms with E-state index in [1.165, 1.54) is 28.0 Å². The highest BCUT2D eigenvalue weighted by atomic mass is 32.1. The molecule has 1 aliphatic heterocycles. The Morgan fingerprint density at radius 2 is 1.82 bits per heavy atom. The molecule has 0 unspecified atom stereocenters. The second kappa shape index (κ2) is 6.91. The first-order valence-electron chi connectivity index (χ1n) is 9.25. The van der Waals surface area contributed by atoms with Crippen molar-refractivity contribution in [3.8, 4) is 11.3 Å². The molecule has 2 N–H and O–H groups in total. The second-order valence-corrected chi connectivity index (χ2v) is 8.17. The highest BCUT2D eigenvalue weighted by Gasteiger charge is 2.32. The molecule has 0 amide bonds. The fourth-order valence-corrected chi connectivity index (χ4v) is 4.36. The van der Waals surface area contributed by atoms with Gasteiger partial charge >= 0.3 is 0 Å². The van der Waals surface area contributed by atoms with Gasteiger partial charge in [0.15, 0.2) is 0 Å². The van der Waals surface area contributed by atoms with E-state index in [0.717, 1.165) is 22.5 Å². The second-order valence-electron chi connectivity index (χ2n) is 7.31. The standard InChI is InChI=1S/C23H23N3OS/c1-13-8-9-17(10-15(13)3)18-12-28-23(25-18)21-20(27)11-26(22(21)24)19-7-5-6-14(2)16(19)4/h5-10,12,24,27H,11H2,1-4H3. The summed E-state index contributed by atoms with van der Waals surface area (Å²) < 4.78 is 0. The average molecular weight is 390 g/mol. The molecule has 5 heteroatoms. The summed E-state index contributed by atoms with van der Waals surface area (Å²) in [6.07, 6.45) is 0. The van der Waals surface area contributed by atoms with Gasteiger partial charge in [0.2, 0.25) is 0 Å². The lowest BCUT2D eigenvalue weighted by atomic mass is 10.1. The van der Waals surface area contributed by atoms with Crippen molar-refractivity contribution in [2.24, 2.45) is 0 Å². The lowest BCUT2D eigenvalue weighted by Gasteiger charge is -2.21. The molecule has 28 heavy (non-hydrogen) atoms. The molecule has 0 atom stereocenters. The van der Waals surface area contributed by atoms with Gasteiger partial charge in [-0.2, -0.15) is 0 Å². The summed E-state index contributed by atoms with van der Waals surface area (Å²) in [5.74, 6) is 0.499. The van der Waals surface area contributed by atoms with Crippen LogP contribution in [-0.4, -0.2) is 22.5 Å². The monoisotopic (exact) mass is 389 g/mol. The third-order valence-electron chi connectivity index (χ3n) is 5.49. The van der Waals surface area contributed by atoms with Crippen molar-refractivity contribution in [2.45, 2.75) is 27.7 Å². The maximum atomic E-state index is 10.6. The lowest BCUT2D eigenvalue weighted by Crippen LogP contribution is -2.27. The first-order valence-corrected chi connectivity index (χ1v) is 10.1. The van der Waals surface area contributed by atoms with Crippen LogP contribution in [0.15, 0.2) is 47.5 Å². The van der Waals surface area contributed by atoms with Gasteiger partial charge in [-0.1, -0.05) is 24.3 Å². The predicted molar refractivity (Wildman–Crippen MR) is 118 cm³/mol. The summed E-state index contributed by atoms with van der Waals surface area (Å²) in [6, 6.07) is 12.3. The molecule has 0 spiro atoms. The normalized spacial score (nSPS) is 14.3. The quantitative estimate of drug-likeness (QED) is 0.594. The van der Waals surface area contributed by atoms with Crippen LogP contribution in [0, 0.1) is 33.1 Å². The third-order valence-corrected chi connectivity index (χ3v) is 6.35. The minimum atomic E-state index is 0.201. The van der Waals surface area contributed by atoms with Gasteiger partial charge in [0, 0.05) is 16.6 Å². The minimum absolute atomic E-state index is 0.201. The van der Waals surface area contributed by atoms with Crippen LogP contribution in [0.25, 0.3) is 16.8 Å². The summed E-state index contributed by atoms with van der Waals surface area (Å²) in [6.45, 7) is 8.60. The van der Waals surface area contributed by atoms with Crippen molar-refractivity contribution >= 4 is 28.4 Å². The van der Waals surface area contributed by atoms with E-state index in [2.05, 4.69) is 45.0 Å². The summed E-state index contributed by atoms with van der Waals surface area (Å²) >= 11 is 1.47. The first-order chi connectivity index (χ1) is 13.4. The Labute approximate surface area is 169 Å². The van der Waals surface area contributed by atoms with E-state index in [4.69, 9.17) is 10.4 Å². The summed E-state index contributed by atoms with van der Waals surface area (Å²) in [5, 5.41) is 22.0. The van der Waals surface area contributed by atoms with Crippen LogP contribution in [0.2, 0.25) is 0 Å². The van der Waals surface area contributed by atoms with E-state index < -0.39 is 0 Å². The van der Waals surface area contributed by atoms with Gasteiger partial charge < -0.3 is 10.0 Å². The highest BCUT2D eigenvalue weighted by Crippen LogP contribution is 2.36. The number of aliphatic hydroxyl groups is 1. The molecule has 142 valence electrons. The number of amidine groups is 1. The molecule has 1 aromatic heterocycles. The summed E-state index contributed by atoms with van der Waals surface area (Å²) in [4.78, 5) is 6.59. The number of benzene rings is 2. The van der Waals surface area contributed by atoms with Gasteiger partial charge in [0.05, 0.1) is 17.8 Å². The molecule has 4 rings (SSSR count). The zero-order valence-corrected chi connectivity index (χ0v) is 17.3. The molecule has 0 aliphatic carbocycles. The van der Waals surface area contributed by atoms with Gasteiger partial charge in [0.25, 0.3) is 0 Å². The Kier molecular flexibility index (Phi) is 4.55. The predicted octanol–water partition coefficient (Wildman–Crippen LogP) is 5.81. The molecule has 2 heterocycles. The number of nitrogens with one attached hydrogen (secondary N) is 1. The van der Waals surface area contributed by atoms with Gasteiger partial charge in [-0.25, -0.2) is 4.98 Å². The number of rotatable bonds is 3. The van der Waals surface area contributed by atoms with Crippen LogP contribution in [0.1, 0.15) is 27.3 Å². The van der Waals surface area contributed by atoms with Crippen molar-refractivity contribution in [2.75, 3.05) is 11.4 Å². The topological polar surface area (TPSA) is 60.2 Å². The van der Waals surface area contributed by atoms with E-state index >= 15 is 0 Å². The smallest absolute Gasteiger partial charge is 0.139 e. The Balaban J connectivity index is 1.67. The number of aliphatic hydroxyl groups excluding tert-OH is 1. The van der Waals surface area contributed by atoms with Crippen molar-refractivity contribution in [3.05, 3.63) is 74.8 Å². The third kappa shape index (κ3) is 3.02. The Hall–Kier alpha value is -2.92. The lowest BCUT2D eigenvalue weighted by molar-refractivity contribution is 0.411. The molecule has 0 fully saturated rings. The van der Waals surface area contributed by atoms with Crippen LogP contribution < -0.4 is 4.90 Å². The van der Waals surface area contributed by atoms with Crippen molar-refractivity contribution in [3.63, 3.8) is 0 Å². The number of aromatic nitrogens is 1. The summed E-state index contributed by atoms with van der Waals surface area (Å²) in [7, 11) is 0. The SMILES string of the molecule is Cc1ccc(-c2csc(C3=C(O)CN(c4cccc(C)c4C)C3=N)n2)cc1C. The number of nitrogens with zero attached hydrogens (tertiary/aromatic N) is 2. The van der Waals surface area contributed by atoms with Crippen LogP contribution in [-0.2, 0) is 0 Å². The van der Waals surface area contributed by atoms with E-state index in [1.807, 2.05) is 29.3 Å². The van der Waals surface area contributed by atoms with Crippen LogP contribution in [0.4, 0.5) is 5.69 Å². The summed E-state index contributed by atoms with van der Waals surface area (Å²) in [5.41, 5.74) is 8.19. The van der Waals surface area contributed by atoms with Gasteiger partial charge in [-0.3, -0.25) is 5.41 Å². The zero-order valence-electron chi connectivity index (χ0n) is 16.5. The highest BCUT2D eigenvalue weighted by molar-refractivity contribution is 7.11. The first kappa shape index (κ1) is 18.4. The van der Waals surface area contributed by atoms with E-state index in [9.17, 15) is 5.11 Å². The van der Waals surface area contributed by atoms with Gasteiger partial charge in [-0.15, -0.1) is 11.3 Å². The molecule has 0 bridgehead atoms. The van der Waals surface area contributed by atoms with Gasteiger partial charge in [-0.05, 0) is 62.1 Å². The average Bonchev–Trinajstić information content (AvgIpc) is 3.24. The molecule has 0 saturated heterocycles. The Morgan fingerprint density at radius 1 is 1.04 bits per heavy atom. The van der Waals surface area contributed by atoms with Crippen molar-refractivity contribution in [1.82, 2.24) is 4.98 Å². The van der Waals surface area contributed by atoms with Crippen LogP contribution in [0.5, 0.6) is 0 Å². The maximum absolute atomic E-state index is 10.6. The molecule has 3 aromatic rings. The molecule has 4 nitrogen and oxygen atoms in total. The fourth-order valence-electron chi connectivity index (χ4n) is 3.46.